The first-order valence-electron chi connectivity index (χ1n) is 6.56. The predicted molar refractivity (Wildman–Crippen MR) is 87.5 cm³/mol. The Labute approximate surface area is 136 Å². The molecule has 2 N–H and O–H groups in total. The number of hydrogen-bond acceptors (Lipinski definition) is 3. The molecule has 0 aromatic heterocycles. The number of halogens is 1. The van der Waals surface area contributed by atoms with E-state index in [1.807, 2.05) is 12.1 Å². The Balaban J connectivity index is 2.10. The third-order valence-corrected chi connectivity index (χ3v) is 3.42. The lowest BCUT2D eigenvalue weighted by molar-refractivity contribution is -0.143. The van der Waals surface area contributed by atoms with Crippen molar-refractivity contribution in [3.8, 4) is 0 Å². The van der Waals surface area contributed by atoms with Gasteiger partial charge in [0, 0.05) is 10.2 Å². The van der Waals surface area contributed by atoms with Crippen molar-refractivity contribution >= 4 is 33.6 Å². The van der Waals surface area contributed by atoms with Crippen LogP contribution in [-0.4, -0.2) is 19.1 Å². The van der Waals surface area contributed by atoms with Gasteiger partial charge in [0.25, 0.3) is 0 Å². The normalized spacial score (nSPS) is 11.4. The summed E-state index contributed by atoms with van der Waals surface area (Å²) in [6, 6.07) is 14.7. The predicted octanol–water partition coefficient (Wildman–Crippen LogP) is 3.48. The van der Waals surface area contributed by atoms with Gasteiger partial charge in [0.15, 0.2) is 6.04 Å². The van der Waals surface area contributed by atoms with E-state index in [0.29, 0.717) is 11.3 Å². The van der Waals surface area contributed by atoms with Gasteiger partial charge in [-0.3, -0.25) is 0 Å². The van der Waals surface area contributed by atoms with Crippen LogP contribution in [0, 0.1) is 0 Å². The largest absolute Gasteiger partial charge is 0.467 e. The first-order chi connectivity index (χ1) is 10.6. The van der Waals surface area contributed by atoms with Gasteiger partial charge in [-0.15, -0.1) is 0 Å². The fraction of sp³-hybridized carbons (Fsp3) is 0.125. The minimum absolute atomic E-state index is 0.489. The van der Waals surface area contributed by atoms with Crippen molar-refractivity contribution in [1.29, 1.82) is 0 Å². The van der Waals surface area contributed by atoms with Gasteiger partial charge in [0.1, 0.15) is 0 Å². The number of rotatable bonds is 4. The molecule has 22 heavy (non-hydrogen) atoms. The number of benzene rings is 2. The molecule has 2 aromatic rings. The van der Waals surface area contributed by atoms with Gasteiger partial charge in [-0.1, -0.05) is 52.3 Å². The summed E-state index contributed by atoms with van der Waals surface area (Å²) in [6.45, 7) is 0. The summed E-state index contributed by atoms with van der Waals surface area (Å²) in [5.41, 5.74) is 1.27. The number of carbonyl (C=O) groups excluding carboxylic acids is 2. The van der Waals surface area contributed by atoms with E-state index in [9.17, 15) is 9.59 Å². The molecule has 6 heteroatoms. The molecule has 2 aromatic carbocycles. The first-order valence-corrected chi connectivity index (χ1v) is 7.35. The second-order valence-electron chi connectivity index (χ2n) is 4.48. The number of urea groups is 1. The summed E-state index contributed by atoms with van der Waals surface area (Å²) < 4.78 is 5.59. The fourth-order valence-electron chi connectivity index (χ4n) is 1.91. The van der Waals surface area contributed by atoms with Crippen LogP contribution in [0.2, 0.25) is 0 Å². The van der Waals surface area contributed by atoms with E-state index in [1.165, 1.54) is 7.11 Å². The van der Waals surface area contributed by atoms with Crippen molar-refractivity contribution in [1.82, 2.24) is 5.32 Å². The van der Waals surface area contributed by atoms with E-state index in [-0.39, 0.29) is 0 Å². The summed E-state index contributed by atoms with van der Waals surface area (Å²) in [5.74, 6) is -0.532. The molecule has 0 aliphatic carbocycles. The number of amides is 2. The molecule has 0 saturated carbocycles. The lowest BCUT2D eigenvalue weighted by atomic mass is 10.1. The van der Waals surface area contributed by atoms with Crippen molar-refractivity contribution in [2.45, 2.75) is 6.04 Å². The zero-order valence-corrected chi connectivity index (χ0v) is 13.5. The van der Waals surface area contributed by atoms with Crippen molar-refractivity contribution in [2.75, 3.05) is 12.4 Å². The molecule has 0 radical (unpaired) electrons. The van der Waals surface area contributed by atoms with E-state index < -0.39 is 18.0 Å². The van der Waals surface area contributed by atoms with Crippen LogP contribution in [0.4, 0.5) is 10.5 Å². The van der Waals surface area contributed by atoms with Gasteiger partial charge < -0.3 is 15.4 Å². The van der Waals surface area contributed by atoms with Crippen molar-refractivity contribution in [3.63, 3.8) is 0 Å². The molecule has 2 amide bonds. The summed E-state index contributed by atoms with van der Waals surface area (Å²) in [5, 5.41) is 5.29. The van der Waals surface area contributed by atoms with Crippen LogP contribution in [0.15, 0.2) is 59.1 Å². The highest BCUT2D eigenvalue weighted by Crippen LogP contribution is 2.17. The molecule has 0 heterocycles. The Morgan fingerprint density at radius 2 is 1.82 bits per heavy atom. The molecule has 0 fully saturated rings. The average Bonchev–Trinajstić information content (AvgIpc) is 2.53. The Morgan fingerprint density at radius 1 is 1.09 bits per heavy atom. The van der Waals surface area contributed by atoms with Crippen LogP contribution in [0.1, 0.15) is 11.6 Å². The van der Waals surface area contributed by atoms with Gasteiger partial charge >= 0.3 is 12.0 Å². The van der Waals surface area contributed by atoms with Crippen LogP contribution >= 0.6 is 15.9 Å². The number of esters is 1. The smallest absolute Gasteiger partial charge is 0.333 e. The molecule has 1 unspecified atom stereocenters. The van der Waals surface area contributed by atoms with Crippen LogP contribution in [-0.2, 0) is 9.53 Å². The number of anilines is 1. The van der Waals surface area contributed by atoms with E-state index in [1.54, 1.807) is 42.5 Å². The molecule has 114 valence electrons. The lowest BCUT2D eigenvalue weighted by Gasteiger charge is -2.17. The van der Waals surface area contributed by atoms with E-state index in [0.717, 1.165) is 4.47 Å². The fourth-order valence-corrected chi connectivity index (χ4v) is 2.31. The minimum atomic E-state index is -0.863. The van der Waals surface area contributed by atoms with Crippen molar-refractivity contribution < 1.29 is 14.3 Å². The van der Waals surface area contributed by atoms with E-state index >= 15 is 0 Å². The summed E-state index contributed by atoms with van der Waals surface area (Å²) in [4.78, 5) is 24.0. The van der Waals surface area contributed by atoms with Crippen molar-refractivity contribution in [3.05, 3.63) is 64.6 Å². The number of ether oxygens (including phenoxy) is 1. The Bertz CT molecular complexity index is 661. The average molecular weight is 363 g/mol. The Hall–Kier alpha value is -2.34. The zero-order chi connectivity index (χ0) is 15.9. The second kappa shape index (κ2) is 7.61. The van der Waals surface area contributed by atoms with Crippen molar-refractivity contribution in [2.24, 2.45) is 0 Å². The van der Waals surface area contributed by atoms with E-state index in [2.05, 4.69) is 26.6 Å². The third kappa shape index (κ3) is 4.33. The molecule has 0 aliphatic rings. The van der Waals surface area contributed by atoms with Crippen LogP contribution in [0.3, 0.4) is 0 Å². The topological polar surface area (TPSA) is 67.4 Å². The maximum absolute atomic E-state index is 12.1. The quantitative estimate of drug-likeness (QED) is 0.818. The monoisotopic (exact) mass is 362 g/mol. The van der Waals surface area contributed by atoms with Gasteiger partial charge in [0.05, 0.1) is 7.11 Å². The summed E-state index contributed by atoms with van der Waals surface area (Å²) in [6.07, 6.45) is 0. The number of carbonyl (C=O) groups is 2. The Morgan fingerprint density at radius 3 is 2.45 bits per heavy atom. The van der Waals surface area contributed by atoms with Gasteiger partial charge in [-0.25, -0.2) is 9.59 Å². The molecule has 1 atom stereocenters. The first kappa shape index (κ1) is 16.0. The molecule has 0 bridgehead atoms. The van der Waals surface area contributed by atoms with Gasteiger partial charge in [-0.2, -0.15) is 0 Å². The van der Waals surface area contributed by atoms with Crippen LogP contribution < -0.4 is 10.6 Å². The Kier molecular flexibility index (Phi) is 5.55. The molecule has 0 saturated heterocycles. The molecular formula is C16H15BrN2O3. The second-order valence-corrected chi connectivity index (χ2v) is 5.39. The van der Waals surface area contributed by atoms with Crippen LogP contribution in [0.5, 0.6) is 0 Å². The van der Waals surface area contributed by atoms with E-state index in [4.69, 9.17) is 4.74 Å². The van der Waals surface area contributed by atoms with Gasteiger partial charge in [-0.05, 0) is 23.8 Å². The molecule has 0 aliphatic heterocycles. The maximum atomic E-state index is 12.1. The van der Waals surface area contributed by atoms with Gasteiger partial charge in [0.2, 0.25) is 0 Å². The maximum Gasteiger partial charge on any atom is 0.333 e. The molecular weight excluding hydrogens is 348 g/mol. The highest BCUT2D eigenvalue weighted by atomic mass is 79.9. The molecule has 0 spiro atoms. The highest BCUT2D eigenvalue weighted by molar-refractivity contribution is 9.10. The summed E-state index contributed by atoms with van der Waals surface area (Å²) in [7, 11) is 1.28. The van der Waals surface area contributed by atoms with Crippen LogP contribution in [0.25, 0.3) is 0 Å². The third-order valence-electron chi connectivity index (χ3n) is 2.93. The summed E-state index contributed by atoms with van der Waals surface area (Å²) >= 11 is 3.33. The number of hydrogen-bond donors (Lipinski definition) is 2. The lowest BCUT2D eigenvalue weighted by Crippen LogP contribution is -2.37. The SMILES string of the molecule is COC(=O)C(NC(=O)Nc1cccc(Br)c1)c1ccccc1. The minimum Gasteiger partial charge on any atom is -0.467 e. The molecule has 5 nitrogen and oxygen atoms in total. The zero-order valence-electron chi connectivity index (χ0n) is 11.9. The number of nitrogens with one attached hydrogen (secondary N) is 2. The molecule has 2 rings (SSSR count). The highest BCUT2D eigenvalue weighted by Gasteiger charge is 2.23. The number of methoxy groups -OCH3 is 1. The standard InChI is InChI=1S/C16H15BrN2O3/c1-22-15(20)14(11-6-3-2-4-7-11)19-16(21)18-13-9-5-8-12(17)10-13/h2-10,14H,1H3,(H2,18,19,21).